The topological polar surface area (TPSA) is 26.3 Å². The van der Waals surface area contributed by atoms with Gasteiger partial charge in [-0.05, 0) is 6.42 Å². The second kappa shape index (κ2) is 17.8. The minimum atomic E-state index is -0.193. The second-order valence-electron chi connectivity index (χ2n) is 4.58. The first-order valence-electron chi connectivity index (χ1n) is 7.07. The van der Waals surface area contributed by atoms with Crippen molar-refractivity contribution >= 4 is 18.0 Å². The quantitative estimate of drug-likeness (QED) is 0.312. The largest absolute Gasteiger partial charge is 1.00 e. The third-order valence-corrected chi connectivity index (χ3v) is 3.57. The van der Waals surface area contributed by atoms with E-state index in [1.54, 1.807) is 0 Å². The molecular formula is C14H29NaO2S. The second-order valence-corrected chi connectivity index (χ2v) is 5.39. The number of carbonyl (C=O) groups excluding carboxylic acids is 1. The molecule has 0 N–H and O–H groups in total. The zero-order valence-electron chi connectivity index (χ0n) is 13.5. The van der Waals surface area contributed by atoms with E-state index in [9.17, 15) is 4.79 Å². The van der Waals surface area contributed by atoms with Crippen LogP contribution in [0.3, 0.4) is 0 Å². The maximum absolute atomic E-state index is 10.5. The van der Waals surface area contributed by atoms with E-state index in [2.05, 4.69) is 6.92 Å². The Morgan fingerprint density at radius 1 is 0.944 bits per heavy atom. The average molecular weight is 284 g/mol. The summed E-state index contributed by atoms with van der Waals surface area (Å²) in [5.41, 5.74) is 0. The molecular weight excluding hydrogens is 255 g/mol. The SMILES string of the molecule is CCCCCCCCCCCCSOC(C)=O.[H-].[Na+]. The van der Waals surface area contributed by atoms with Crippen LogP contribution in [0.1, 0.15) is 79.5 Å². The molecule has 0 aliphatic rings. The summed E-state index contributed by atoms with van der Waals surface area (Å²) in [5.74, 6) is 0.748. The third kappa shape index (κ3) is 19.2. The Morgan fingerprint density at radius 3 is 1.83 bits per heavy atom. The van der Waals surface area contributed by atoms with Crippen molar-refractivity contribution in [2.45, 2.75) is 78.1 Å². The molecule has 0 aromatic carbocycles. The van der Waals surface area contributed by atoms with E-state index in [0.29, 0.717) is 0 Å². The van der Waals surface area contributed by atoms with Gasteiger partial charge >= 0.3 is 35.5 Å². The number of hydrogen-bond donors (Lipinski definition) is 0. The fourth-order valence-electron chi connectivity index (χ4n) is 1.77. The molecule has 0 heterocycles. The van der Waals surface area contributed by atoms with E-state index >= 15 is 0 Å². The maximum atomic E-state index is 10.5. The molecule has 0 aliphatic heterocycles. The van der Waals surface area contributed by atoms with Crippen LogP contribution in [0.2, 0.25) is 0 Å². The van der Waals surface area contributed by atoms with Gasteiger partial charge in [0.15, 0.2) is 0 Å². The molecule has 0 fully saturated rings. The molecule has 0 saturated heterocycles. The Balaban J connectivity index is -0.00000128. The van der Waals surface area contributed by atoms with Gasteiger partial charge in [0.1, 0.15) is 0 Å². The van der Waals surface area contributed by atoms with Crippen molar-refractivity contribution in [3.8, 4) is 0 Å². The van der Waals surface area contributed by atoms with Crippen LogP contribution in [-0.4, -0.2) is 11.7 Å². The predicted octanol–water partition coefficient (Wildman–Crippen LogP) is 2.24. The molecule has 0 unspecified atom stereocenters. The Bertz CT molecular complexity index is 183. The summed E-state index contributed by atoms with van der Waals surface area (Å²) >= 11 is 1.29. The van der Waals surface area contributed by atoms with Crippen molar-refractivity contribution in [3.63, 3.8) is 0 Å². The summed E-state index contributed by atoms with van der Waals surface area (Å²) in [6, 6.07) is 0. The Kier molecular flexibility index (Phi) is 20.9. The molecule has 104 valence electrons. The van der Waals surface area contributed by atoms with Gasteiger partial charge in [0.25, 0.3) is 0 Å². The van der Waals surface area contributed by atoms with E-state index in [1.165, 1.54) is 76.8 Å². The standard InChI is InChI=1S/C14H28O2S.Na.H/c1-3-4-5-6-7-8-9-10-11-12-13-17-16-14(2)15;;/h3-13H2,1-2H3;;/q;+1;-1. The van der Waals surface area contributed by atoms with Crippen molar-refractivity contribution in [1.82, 2.24) is 0 Å². The summed E-state index contributed by atoms with van der Waals surface area (Å²) in [6.45, 7) is 3.71. The number of hydrogen-bond acceptors (Lipinski definition) is 3. The zero-order valence-corrected chi connectivity index (χ0v) is 15.3. The third-order valence-electron chi connectivity index (χ3n) is 2.76. The van der Waals surface area contributed by atoms with E-state index in [-0.39, 0.29) is 37.0 Å². The summed E-state index contributed by atoms with van der Waals surface area (Å²) in [5, 5.41) is 0. The molecule has 0 aliphatic carbocycles. The van der Waals surface area contributed by atoms with Crippen LogP contribution >= 0.6 is 12.0 Å². The first kappa shape index (κ1) is 21.1. The zero-order chi connectivity index (χ0) is 12.8. The van der Waals surface area contributed by atoms with Crippen LogP contribution in [0, 0.1) is 0 Å². The Labute approximate surface area is 141 Å². The van der Waals surface area contributed by atoms with Crippen LogP contribution in [-0.2, 0) is 8.98 Å². The maximum Gasteiger partial charge on any atom is 1.00 e. The predicted molar refractivity (Wildman–Crippen MR) is 77.2 cm³/mol. The first-order chi connectivity index (χ1) is 8.27. The van der Waals surface area contributed by atoms with Crippen molar-refractivity contribution in [1.29, 1.82) is 0 Å². The van der Waals surface area contributed by atoms with Crippen molar-refractivity contribution in [2.75, 3.05) is 5.75 Å². The van der Waals surface area contributed by atoms with Gasteiger partial charge in [0, 0.05) is 12.7 Å². The summed E-state index contributed by atoms with van der Waals surface area (Å²) in [6.07, 6.45) is 13.5. The van der Waals surface area contributed by atoms with E-state index in [0.717, 1.165) is 12.2 Å². The van der Waals surface area contributed by atoms with Crippen molar-refractivity contribution in [2.24, 2.45) is 0 Å². The van der Waals surface area contributed by atoms with Gasteiger partial charge in [-0.2, -0.15) is 0 Å². The normalized spacial score (nSPS) is 9.89. The van der Waals surface area contributed by atoms with Gasteiger partial charge < -0.3 is 5.61 Å². The number of unbranched alkanes of at least 4 members (excludes halogenated alkanes) is 9. The van der Waals surface area contributed by atoms with E-state index in [1.807, 2.05) is 0 Å². The van der Waals surface area contributed by atoms with Crippen molar-refractivity contribution in [3.05, 3.63) is 0 Å². The van der Waals surface area contributed by atoms with Crippen molar-refractivity contribution < 1.29 is 40.0 Å². The molecule has 18 heavy (non-hydrogen) atoms. The minimum Gasteiger partial charge on any atom is -1.00 e. The summed E-state index contributed by atoms with van der Waals surface area (Å²) in [4.78, 5) is 10.5. The van der Waals surface area contributed by atoms with Crippen LogP contribution in [0.4, 0.5) is 0 Å². The van der Waals surface area contributed by atoms with Gasteiger partial charge in [-0.15, -0.1) is 0 Å². The van der Waals surface area contributed by atoms with Gasteiger partial charge in [0.2, 0.25) is 0 Å². The van der Waals surface area contributed by atoms with E-state index in [4.69, 9.17) is 4.18 Å². The molecule has 0 bridgehead atoms. The van der Waals surface area contributed by atoms with Gasteiger partial charge in [0.05, 0.1) is 12.0 Å². The van der Waals surface area contributed by atoms with Gasteiger partial charge in [-0.3, -0.25) is 4.79 Å². The summed E-state index contributed by atoms with van der Waals surface area (Å²) < 4.78 is 4.80. The number of rotatable bonds is 12. The summed E-state index contributed by atoms with van der Waals surface area (Å²) in [7, 11) is 0. The minimum absolute atomic E-state index is 0. The average Bonchev–Trinajstić information content (AvgIpc) is 2.30. The molecule has 0 spiro atoms. The van der Waals surface area contributed by atoms with Crippen LogP contribution in [0.5, 0.6) is 0 Å². The Hall–Kier alpha value is 0.820. The fourth-order valence-corrected chi connectivity index (χ4v) is 2.34. The number of carbonyl (C=O) groups is 1. The Morgan fingerprint density at radius 2 is 1.39 bits per heavy atom. The first-order valence-corrected chi connectivity index (χ1v) is 7.98. The molecule has 0 aromatic heterocycles. The molecule has 0 atom stereocenters. The fraction of sp³-hybridized carbons (Fsp3) is 0.929. The monoisotopic (exact) mass is 284 g/mol. The van der Waals surface area contributed by atoms with Crippen LogP contribution in [0.15, 0.2) is 0 Å². The smallest absolute Gasteiger partial charge is 1.00 e. The molecule has 0 saturated carbocycles. The van der Waals surface area contributed by atoms with E-state index < -0.39 is 0 Å². The molecule has 4 heteroatoms. The van der Waals surface area contributed by atoms with Gasteiger partial charge in [-0.25, -0.2) is 0 Å². The molecule has 0 aromatic rings. The van der Waals surface area contributed by atoms with Crippen LogP contribution < -0.4 is 29.6 Å². The van der Waals surface area contributed by atoms with Gasteiger partial charge in [-0.1, -0.05) is 64.7 Å². The molecule has 0 amide bonds. The molecule has 0 rings (SSSR count). The molecule has 2 nitrogen and oxygen atoms in total. The molecule has 0 radical (unpaired) electrons. The van der Waals surface area contributed by atoms with Crippen LogP contribution in [0.25, 0.3) is 0 Å².